The second-order valence-electron chi connectivity index (χ2n) is 10.1. The van der Waals surface area contributed by atoms with Crippen LogP contribution in [0.5, 0.6) is 0 Å². The zero-order valence-electron chi connectivity index (χ0n) is 17.4. The number of fused-ring (bicyclic) bond motifs is 5. The molecule has 0 aromatic heterocycles. The highest BCUT2D eigenvalue weighted by Gasteiger charge is 2.58. The summed E-state index contributed by atoms with van der Waals surface area (Å²) >= 11 is 0. The van der Waals surface area contributed by atoms with E-state index in [9.17, 15) is 9.59 Å². The van der Waals surface area contributed by atoms with Crippen LogP contribution in [-0.4, -0.2) is 17.9 Å². The Kier molecular flexibility index (Phi) is 5.01. The molecule has 0 saturated heterocycles. The number of hydrogen-bond donors (Lipinski definition) is 0. The van der Waals surface area contributed by atoms with Gasteiger partial charge < -0.3 is 4.74 Å². The first-order chi connectivity index (χ1) is 12.9. The maximum Gasteiger partial charge on any atom is 0.306 e. The zero-order chi connectivity index (χ0) is 19.2. The van der Waals surface area contributed by atoms with Crippen LogP contribution in [0.1, 0.15) is 91.4 Å². The van der Waals surface area contributed by atoms with Crippen molar-refractivity contribution in [2.75, 3.05) is 0 Å². The first-order valence-electron chi connectivity index (χ1n) is 11.3. The number of ketones is 1. The van der Waals surface area contributed by atoms with E-state index in [0.717, 1.165) is 57.8 Å². The van der Waals surface area contributed by atoms with Crippen LogP contribution in [0.25, 0.3) is 0 Å². The number of unbranched alkanes of at least 4 members (excludes halogenated alkanes) is 1. The van der Waals surface area contributed by atoms with Gasteiger partial charge in [0.05, 0.1) is 0 Å². The lowest BCUT2D eigenvalue weighted by molar-refractivity contribution is -0.151. The fourth-order valence-electron chi connectivity index (χ4n) is 7.07. The van der Waals surface area contributed by atoms with Crippen molar-refractivity contribution in [2.45, 2.75) is 97.5 Å². The third kappa shape index (κ3) is 3.09. The second-order valence-corrected chi connectivity index (χ2v) is 10.1. The Hall–Kier alpha value is -1.12. The van der Waals surface area contributed by atoms with Crippen molar-refractivity contribution in [1.82, 2.24) is 0 Å². The van der Waals surface area contributed by atoms with E-state index < -0.39 is 0 Å². The molecule has 3 nitrogen and oxygen atoms in total. The molecule has 0 aromatic rings. The van der Waals surface area contributed by atoms with Crippen molar-refractivity contribution in [1.29, 1.82) is 0 Å². The highest BCUT2D eigenvalue weighted by Crippen LogP contribution is 2.64. The van der Waals surface area contributed by atoms with Crippen LogP contribution in [0, 0.1) is 28.6 Å². The Morgan fingerprint density at radius 2 is 1.89 bits per heavy atom. The van der Waals surface area contributed by atoms with Crippen molar-refractivity contribution in [3.8, 4) is 0 Å². The monoisotopic (exact) mass is 372 g/mol. The highest BCUT2D eigenvalue weighted by atomic mass is 16.5. The molecule has 6 atom stereocenters. The van der Waals surface area contributed by atoms with Gasteiger partial charge in [0.25, 0.3) is 0 Å². The van der Waals surface area contributed by atoms with Gasteiger partial charge in [-0.25, -0.2) is 0 Å². The van der Waals surface area contributed by atoms with Crippen LogP contribution in [0.4, 0.5) is 0 Å². The van der Waals surface area contributed by atoms with Crippen LogP contribution >= 0.6 is 0 Å². The molecule has 0 N–H and O–H groups in total. The van der Waals surface area contributed by atoms with Gasteiger partial charge in [-0.3, -0.25) is 9.59 Å². The summed E-state index contributed by atoms with van der Waals surface area (Å²) in [6.07, 6.45) is 13.4. The molecule has 4 aliphatic carbocycles. The zero-order valence-corrected chi connectivity index (χ0v) is 17.4. The molecule has 0 spiro atoms. The normalized spacial score (nSPS) is 43.4. The van der Waals surface area contributed by atoms with Crippen molar-refractivity contribution >= 4 is 11.8 Å². The summed E-state index contributed by atoms with van der Waals surface area (Å²) in [5.74, 6) is 2.47. The molecule has 0 amide bonds. The standard InChI is InChI=1S/C24H36O3/c1-4-5-6-22(26)27-17-11-13-23(2)16(15-17)7-8-18-19-9-10-21(25)24(19,3)14-12-20(18)23/h7,17-20H,4-6,8-15H2,1-3H3/t17-,18-,19-,20-,23-,24-/m0/s1. The Bertz CT molecular complexity index is 650. The van der Waals surface area contributed by atoms with E-state index in [0.29, 0.717) is 30.0 Å². The van der Waals surface area contributed by atoms with E-state index in [-0.39, 0.29) is 22.9 Å². The van der Waals surface area contributed by atoms with Gasteiger partial charge in [0.2, 0.25) is 0 Å². The number of carbonyl (C=O) groups excluding carboxylic acids is 2. The summed E-state index contributed by atoms with van der Waals surface area (Å²) in [7, 11) is 0. The van der Waals surface area contributed by atoms with Crippen molar-refractivity contribution in [3.05, 3.63) is 11.6 Å². The lowest BCUT2D eigenvalue weighted by atomic mass is 9.48. The Morgan fingerprint density at radius 1 is 1.15 bits per heavy atom. The molecule has 0 bridgehead atoms. The third-order valence-electron chi connectivity index (χ3n) is 8.80. The molecule has 3 fully saturated rings. The molecule has 3 heteroatoms. The van der Waals surface area contributed by atoms with Gasteiger partial charge in [-0.2, -0.15) is 0 Å². The molecule has 0 aromatic carbocycles. The van der Waals surface area contributed by atoms with E-state index in [4.69, 9.17) is 4.74 Å². The second kappa shape index (κ2) is 7.04. The third-order valence-corrected chi connectivity index (χ3v) is 8.80. The minimum Gasteiger partial charge on any atom is -0.462 e. The quantitative estimate of drug-likeness (QED) is 0.475. The average molecular weight is 373 g/mol. The van der Waals surface area contributed by atoms with Gasteiger partial charge in [0, 0.05) is 24.7 Å². The summed E-state index contributed by atoms with van der Waals surface area (Å²) in [6, 6.07) is 0. The first kappa shape index (κ1) is 19.2. The molecule has 4 aliphatic rings. The van der Waals surface area contributed by atoms with E-state index in [1.54, 1.807) is 0 Å². The fourth-order valence-corrected chi connectivity index (χ4v) is 7.07. The lowest BCUT2D eigenvalue weighted by Gasteiger charge is -2.56. The minimum atomic E-state index is -0.0467. The van der Waals surface area contributed by atoms with E-state index in [1.807, 2.05) is 0 Å². The van der Waals surface area contributed by atoms with E-state index >= 15 is 0 Å². The summed E-state index contributed by atoms with van der Waals surface area (Å²) in [4.78, 5) is 24.6. The molecule has 27 heavy (non-hydrogen) atoms. The van der Waals surface area contributed by atoms with Crippen molar-refractivity contribution in [3.63, 3.8) is 0 Å². The van der Waals surface area contributed by atoms with Crippen LogP contribution in [0.2, 0.25) is 0 Å². The number of allylic oxidation sites excluding steroid dienone is 1. The molecular formula is C24H36O3. The van der Waals surface area contributed by atoms with E-state index in [1.165, 1.54) is 12.0 Å². The Morgan fingerprint density at radius 3 is 2.67 bits per heavy atom. The first-order valence-corrected chi connectivity index (χ1v) is 11.3. The van der Waals surface area contributed by atoms with Crippen molar-refractivity contribution in [2.24, 2.45) is 28.6 Å². The summed E-state index contributed by atoms with van der Waals surface area (Å²) in [5.41, 5.74) is 1.74. The maximum absolute atomic E-state index is 12.5. The van der Waals surface area contributed by atoms with Gasteiger partial charge in [-0.05, 0) is 68.1 Å². The Labute approximate surface area is 164 Å². The number of esters is 1. The summed E-state index contributed by atoms with van der Waals surface area (Å²) in [6.45, 7) is 6.82. The predicted octanol–water partition coefficient (Wildman–Crippen LogP) is 5.62. The molecule has 150 valence electrons. The van der Waals surface area contributed by atoms with Gasteiger partial charge in [-0.1, -0.05) is 38.8 Å². The number of rotatable bonds is 4. The largest absolute Gasteiger partial charge is 0.462 e. The molecule has 0 unspecified atom stereocenters. The van der Waals surface area contributed by atoms with Crippen LogP contribution in [0.15, 0.2) is 11.6 Å². The molecule has 3 saturated carbocycles. The number of hydrogen-bond acceptors (Lipinski definition) is 3. The number of ether oxygens (including phenoxy) is 1. The molecule has 0 aliphatic heterocycles. The molecule has 0 heterocycles. The smallest absolute Gasteiger partial charge is 0.306 e. The number of Topliss-reactive ketones (excluding diaryl/α,β-unsaturated/α-hetero) is 1. The van der Waals surface area contributed by atoms with Gasteiger partial charge in [0.15, 0.2) is 0 Å². The minimum absolute atomic E-state index is 0.0161. The maximum atomic E-state index is 12.5. The lowest BCUT2D eigenvalue weighted by Crippen LogP contribution is -2.50. The van der Waals surface area contributed by atoms with Gasteiger partial charge >= 0.3 is 5.97 Å². The highest BCUT2D eigenvalue weighted by molar-refractivity contribution is 5.87. The average Bonchev–Trinajstić information content (AvgIpc) is 2.95. The molecule has 4 rings (SSSR count). The molecule has 0 radical (unpaired) electrons. The summed E-state index contributed by atoms with van der Waals surface area (Å²) < 4.78 is 5.80. The fraction of sp³-hybridized carbons (Fsp3) is 0.833. The SMILES string of the molecule is CCCCC(=O)O[C@H]1CC[C@@]2(C)C(=CC[C@@H]3[C@@H]2CC[C@]2(C)C(=O)CC[C@@H]32)C1. The van der Waals surface area contributed by atoms with Crippen LogP contribution < -0.4 is 0 Å². The summed E-state index contributed by atoms with van der Waals surface area (Å²) in [5, 5.41) is 0. The van der Waals surface area contributed by atoms with Crippen LogP contribution in [0.3, 0.4) is 0 Å². The van der Waals surface area contributed by atoms with Gasteiger partial charge in [-0.15, -0.1) is 0 Å². The topological polar surface area (TPSA) is 43.4 Å². The van der Waals surface area contributed by atoms with Crippen LogP contribution in [-0.2, 0) is 14.3 Å². The predicted molar refractivity (Wildman–Crippen MR) is 106 cm³/mol. The Balaban J connectivity index is 1.48. The number of carbonyl (C=O) groups is 2. The van der Waals surface area contributed by atoms with Crippen molar-refractivity contribution < 1.29 is 14.3 Å². The van der Waals surface area contributed by atoms with E-state index in [2.05, 4.69) is 26.8 Å². The molecular weight excluding hydrogens is 336 g/mol. The van der Waals surface area contributed by atoms with Gasteiger partial charge in [0.1, 0.15) is 11.9 Å².